The molecular weight excluding hydrogens is 368 g/mol. The van der Waals surface area contributed by atoms with Gasteiger partial charge in [-0.1, -0.05) is 0 Å². The van der Waals surface area contributed by atoms with Gasteiger partial charge in [0, 0.05) is 45.5 Å². The van der Waals surface area contributed by atoms with Crippen molar-refractivity contribution in [1.29, 1.82) is 0 Å². The summed E-state index contributed by atoms with van der Waals surface area (Å²) < 4.78 is 30.5. The van der Waals surface area contributed by atoms with E-state index in [0.717, 1.165) is 11.3 Å². The van der Waals surface area contributed by atoms with Gasteiger partial charge in [0.2, 0.25) is 15.9 Å². The Morgan fingerprint density at radius 2 is 2.07 bits per heavy atom. The smallest absolute Gasteiger partial charge is 0.246 e. The average Bonchev–Trinajstić information content (AvgIpc) is 3.14. The lowest BCUT2D eigenvalue weighted by Gasteiger charge is -2.31. The van der Waals surface area contributed by atoms with Crippen LogP contribution in [0, 0.1) is 19.8 Å². The molecule has 148 valence electrons. The van der Waals surface area contributed by atoms with Gasteiger partial charge in [0.05, 0.1) is 23.5 Å². The van der Waals surface area contributed by atoms with Crippen LogP contribution in [0.2, 0.25) is 0 Å². The number of hydrogen-bond acceptors (Lipinski definition) is 5. The minimum absolute atomic E-state index is 0.124. The van der Waals surface area contributed by atoms with Crippen molar-refractivity contribution in [2.75, 3.05) is 13.1 Å². The zero-order valence-electron chi connectivity index (χ0n) is 16.1. The van der Waals surface area contributed by atoms with E-state index in [1.54, 1.807) is 18.7 Å². The maximum absolute atomic E-state index is 12.9. The molecule has 1 atom stereocenters. The third-order valence-electron chi connectivity index (χ3n) is 5.13. The Hall–Kier alpha value is -2.20. The SMILES string of the molecule is Cc1nn(C)cc1CNC(=O)[C@H]1CCCN(S(=O)(=O)c2cnn(C)c2C)C1. The molecule has 2 aromatic rings. The van der Waals surface area contributed by atoms with Gasteiger partial charge in [-0.15, -0.1) is 0 Å². The van der Waals surface area contributed by atoms with Crippen molar-refractivity contribution >= 4 is 15.9 Å². The van der Waals surface area contributed by atoms with Crippen LogP contribution in [0.4, 0.5) is 0 Å². The van der Waals surface area contributed by atoms with Crippen LogP contribution in [-0.4, -0.2) is 51.3 Å². The highest BCUT2D eigenvalue weighted by Gasteiger charge is 2.34. The minimum atomic E-state index is -3.65. The second-order valence-electron chi connectivity index (χ2n) is 7.05. The highest BCUT2D eigenvalue weighted by Crippen LogP contribution is 2.25. The molecular formula is C17H26N6O3S. The number of amides is 1. The fourth-order valence-corrected chi connectivity index (χ4v) is 5.10. The van der Waals surface area contributed by atoms with Gasteiger partial charge in [-0.2, -0.15) is 14.5 Å². The number of piperidine rings is 1. The lowest BCUT2D eigenvalue weighted by molar-refractivity contribution is -0.126. The predicted molar refractivity (Wildman–Crippen MR) is 99.2 cm³/mol. The number of hydrogen-bond donors (Lipinski definition) is 1. The van der Waals surface area contributed by atoms with Crippen LogP contribution >= 0.6 is 0 Å². The van der Waals surface area contributed by atoms with Gasteiger partial charge < -0.3 is 5.32 Å². The zero-order valence-corrected chi connectivity index (χ0v) is 17.0. The van der Waals surface area contributed by atoms with Crippen molar-refractivity contribution in [2.24, 2.45) is 20.0 Å². The normalized spacial score (nSPS) is 18.6. The Bertz CT molecular complexity index is 946. The summed E-state index contributed by atoms with van der Waals surface area (Å²) in [5.41, 5.74) is 2.42. The summed E-state index contributed by atoms with van der Waals surface area (Å²) in [6, 6.07) is 0. The number of aryl methyl sites for hydroxylation is 3. The van der Waals surface area contributed by atoms with Crippen LogP contribution < -0.4 is 5.32 Å². The molecule has 0 aromatic carbocycles. The van der Waals surface area contributed by atoms with Crippen LogP contribution in [0.25, 0.3) is 0 Å². The third-order valence-corrected chi connectivity index (χ3v) is 7.10. The van der Waals surface area contributed by atoms with E-state index in [4.69, 9.17) is 0 Å². The first-order valence-corrected chi connectivity index (χ1v) is 10.4. The summed E-state index contributed by atoms with van der Waals surface area (Å²) in [5.74, 6) is -0.483. The maximum Gasteiger partial charge on any atom is 0.246 e. The highest BCUT2D eigenvalue weighted by molar-refractivity contribution is 7.89. The van der Waals surface area contributed by atoms with Gasteiger partial charge >= 0.3 is 0 Å². The zero-order chi connectivity index (χ0) is 19.8. The van der Waals surface area contributed by atoms with Crippen LogP contribution in [-0.2, 0) is 35.5 Å². The van der Waals surface area contributed by atoms with Crippen molar-refractivity contribution < 1.29 is 13.2 Å². The Kier molecular flexibility index (Phi) is 5.38. The summed E-state index contributed by atoms with van der Waals surface area (Å²) in [6.07, 6.45) is 4.58. The van der Waals surface area contributed by atoms with Gasteiger partial charge in [0.25, 0.3) is 0 Å². The molecule has 0 aliphatic carbocycles. The third kappa shape index (κ3) is 3.91. The summed E-state index contributed by atoms with van der Waals surface area (Å²) >= 11 is 0. The quantitative estimate of drug-likeness (QED) is 0.795. The lowest BCUT2D eigenvalue weighted by Crippen LogP contribution is -2.45. The van der Waals surface area contributed by atoms with E-state index >= 15 is 0 Å². The number of carbonyl (C=O) groups excluding carboxylic acids is 1. The van der Waals surface area contributed by atoms with Gasteiger partial charge in [-0.05, 0) is 26.7 Å². The molecule has 27 heavy (non-hydrogen) atoms. The Morgan fingerprint density at radius 1 is 1.33 bits per heavy atom. The molecule has 1 N–H and O–H groups in total. The highest BCUT2D eigenvalue weighted by atomic mass is 32.2. The maximum atomic E-state index is 12.9. The van der Waals surface area contributed by atoms with Gasteiger partial charge in [0.15, 0.2) is 0 Å². The molecule has 0 unspecified atom stereocenters. The van der Waals surface area contributed by atoms with E-state index in [1.807, 2.05) is 20.2 Å². The molecule has 0 bridgehead atoms. The molecule has 3 rings (SSSR count). The Labute approximate surface area is 159 Å². The minimum Gasteiger partial charge on any atom is -0.352 e. The molecule has 3 heterocycles. The van der Waals surface area contributed by atoms with Gasteiger partial charge in [-0.3, -0.25) is 14.2 Å². The number of nitrogens with one attached hydrogen (secondary N) is 1. The van der Waals surface area contributed by atoms with Crippen molar-refractivity contribution in [3.05, 3.63) is 29.3 Å². The van der Waals surface area contributed by atoms with Crippen molar-refractivity contribution in [3.8, 4) is 0 Å². The summed E-state index contributed by atoms with van der Waals surface area (Å²) in [6.45, 7) is 4.62. The number of aromatic nitrogens is 4. The van der Waals surface area contributed by atoms with Crippen LogP contribution in [0.3, 0.4) is 0 Å². The standard InChI is InChI=1S/C17H26N6O3S/c1-12-15(10-21(3)20-12)8-18-17(24)14-6-5-7-23(11-14)27(25,26)16-9-19-22(4)13(16)2/h9-10,14H,5-8,11H2,1-4H3,(H,18,24)/t14-/m0/s1. The number of rotatable bonds is 5. The molecule has 0 radical (unpaired) electrons. The molecule has 1 saturated heterocycles. The molecule has 9 nitrogen and oxygen atoms in total. The summed E-state index contributed by atoms with van der Waals surface area (Å²) in [5, 5.41) is 11.2. The number of carbonyl (C=O) groups is 1. The van der Waals surface area contributed by atoms with E-state index in [9.17, 15) is 13.2 Å². The van der Waals surface area contributed by atoms with Crippen molar-refractivity contribution in [3.63, 3.8) is 0 Å². The van der Waals surface area contributed by atoms with Crippen LogP contribution in [0.15, 0.2) is 17.3 Å². The molecule has 10 heteroatoms. The van der Waals surface area contributed by atoms with Gasteiger partial charge in [0.1, 0.15) is 4.90 Å². The van der Waals surface area contributed by atoms with E-state index in [-0.39, 0.29) is 23.3 Å². The number of sulfonamides is 1. The van der Waals surface area contributed by atoms with Crippen molar-refractivity contribution in [1.82, 2.24) is 29.2 Å². The van der Waals surface area contributed by atoms with E-state index in [1.165, 1.54) is 15.2 Å². The second-order valence-corrected chi connectivity index (χ2v) is 8.96. The Morgan fingerprint density at radius 3 is 2.67 bits per heavy atom. The molecule has 0 spiro atoms. The first kappa shape index (κ1) is 19.6. The molecule has 0 saturated carbocycles. The lowest BCUT2D eigenvalue weighted by atomic mass is 9.99. The fourth-order valence-electron chi connectivity index (χ4n) is 3.39. The van der Waals surface area contributed by atoms with Gasteiger partial charge in [-0.25, -0.2) is 8.42 Å². The number of nitrogens with zero attached hydrogens (tertiary/aromatic N) is 5. The average molecular weight is 395 g/mol. The van der Waals surface area contributed by atoms with Crippen LogP contribution in [0.5, 0.6) is 0 Å². The molecule has 1 aliphatic heterocycles. The van der Waals surface area contributed by atoms with Crippen LogP contribution in [0.1, 0.15) is 29.8 Å². The predicted octanol–water partition coefficient (Wildman–Crippen LogP) is 0.488. The van der Waals surface area contributed by atoms with Crippen molar-refractivity contribution in [2.45, 2.75) is 38.1 Å². The first-order valence-electron chi connectivity index (χ1n) is 8.95. The second kappa shape index (κ2) is 7.43. The van der Waals surface area contributed by atoms with E-state index in [2.05, 4.69) is 15.5 Å². The summed E-state index contributed by atoms with van der Waals surface area (Å²) in [4.78, 5) is 12.8. The Balaban J connectivity index is 1.67. The molecule has 2 aromatic heterocycles. The molecule has 1 amide bonds. The molecule has 1 fully saturated rings. The molecule has 1 aliphatic rings. The summed E-state index contributed by atoms with van der Waals surface area (Å²) in [7, 11) is -0.107. The van der Waals surface area contributed by atoms with E-state index < -0.39 is 10.0 Å². The fraction of sp³-hybridized carbons (Fsp3) is 0.588. The largest absolute Gasteiger partial charge is 0.352 e. The first-order chi connectivity index (χ1) is 12.7. The van der Waals surface area contributed by atoms with E-state index in [0.29, 0.717) is 31.6 Å². The topological polar surface area (TPSA) is 102 Å². The monoisotopic (exact) mass is 394 g/mol.